The van der Waals surface area contributed by atoms with E-state index in [1.54, 1.807) is 0 Å². The van der Waals surface area contributed by atoms with Gasteiger partial charge in [0.1, 0.15) is 6.61 Å². The lowest BCUT2D eigenvalue weighted by molar-refractivity contribution is -0.301. The van der Waals surface area contributed by atoms with Crippen LogP contribution in [0.15, 0.2) is 0 Å². The minimum absolute atomic E-state index is 0.496. The summed E-state index contributed by atoms with van der Waals surface area (Å²) < 4.78 is 2.35. The highest BCUT2D eigenvalue weighted by Gasteiger charge is 2.25. The monoisotopic (exact) mass is 278 g/mol. The lowest BCUT2D eigenvalue weighted by Gasteiger charge is -2.25. The van der Waals surface area contributed by atoms with Crippen molar-refractivity contribution in [2.45, 2.75) is 77.4 Å². The van der Waals surface area contributed by atoms with E-state index in [0.717, 1.165) is 12.1 Å². The number of nitrogens with zero attached hydrogens (tertiary/aromatic N) is 2. The zero-order valence-electron chi connectivity index (χ0n) is 12.6. The number of aromatic nitrogens is 2. The Morgan fingerprint density at radius 1 is 1.05 bits per heavy atom. The molecule has 112 valence electrons. The fourth-order valence-corrected chi connectivity index (χ4v) is 3.63. The van der Waals surface area contributed by atoms with Crippen molar-refractivity contribution in [3.63, 3.8) is 0 Å². The largest absolute Gasteiger partial charge is 0.266 e. The van der Waals surface area contributed by atoms with Gasteiger partial charge in [-0.25, -0.2) is 9.78 Å². The molecule has 0 spiro atoms. The van der Waals surface area contributed by atoms with Crippen LogP contribution >= 0.6 is 0 Å². The lowest BCUT2D eigenvalue weighted by atomic mass is 9.93. The standard InChI is InChI=1S/C16H26N2O2/c1-2-19-20-12-15-14-10-6-7-11-16(14)18(17-15)13-8-4-3-5-9-13/h13H,2-12H2,1H3. The smallest absolute Gasteiger partial charge is 0.126 e. The summed E-state index contributed by atoms with van der Waals surface area (Å²) in [4.78, 5) is 10.3. The van der Waals surface area contributed by atoms with Crippen LogP contribution in [0.4, 0.5) is 0 Å². The van der Waals surface area contributed by atoms with Crippen molar-refractivity contribution in [2.24, 2.45) is 0 Å². The van der Waals surface area contributed by atoms with Crippen LogP contribution in [0.25, 0.3) is 0 Å². The molecule has 0 saturated heterocycles. The van der Waals surface area contributed by atoms with Crippen molar-refractivity contribution in [3.05, 3.63) is 17.0 Å². The molecular formula is C16H26N2O2. The molecule has 0 radical (unpaired) electrons. The first kappa shape index (κ1) is 14.1. The Morgan fingerprint density at radius 3 is 2.65 bits per heavy atom. The molecule has 20 heavy (non-hydrogen) atoms. The third-order valence-electron chi connectivity index (χ3n) is 4.61. The van der Waals surface area contributed by atoms with Gasteiger partial charge in [-0.2, -0.15) is 5.10 Å². The van der Waals surface area contributed by atoms with Gasteiger partial charge in [0, 0.05) is 5.69 Å². The normalized spacial score (nSPS) is 20.1. The molecule has 0 N–H and O–H groups in total. The van der Waals surface area contributed by atoms with Crippen LogP contribution in [0.2, 0.25) is 0 Å². The molecule has 0 amide bonds. The predicted molar refractivity (Wildman–Crippen MR) is 77.4 cm³/mol. The highest BCUT2D eigenvalue weighted by molar-refractivity contribution is 5.29. The van der Waals surface area contributed by atoms with Gasteiger partial charge < -0.3 is 0 Å². The minimum Gasteiger partial charge on any atom is -0.266 e. The Morgan fingerprint density at radius 2 is 1.85 bits per heavy atom. The van der Waals surface area contributed by atoms with E-state index in [1.807, 2.05) is 6.92 Å². The molecule has 0 unspecified atom stereocenters. The first-order valence-electron chi connectivity index (χ1n) is 8.23. The van der Waals surface area contributed by atoms with Gasteiger partial charge in [0.15, 0.2) is 0 Å². The zero-order valence-corrected chi connectivity index (χ0v) is 12.6. The van der Waals surface area contributed by atoms with E-state index >= 15 is 0 Å². The van der Waals surface area contributed by atoms with Crippen LogP contribution < -0.4 is 0 Å². The molecule has 4 heteroatoms. The van der Waals surface area contributed by atoms with Gasteiger partial charge in [0.05, 0.1) is 18.3 Å². The van der Waals surface area contributed by atoms with Crippen molar-refractivity contribution >= 4 is 0 Å². The molecule has 1 fully saturated rings. The van der Waals surface area contributed by atoms with Crippen LogP contribution in [0.3, 0.4) is 0 Å². The molecule has 0 aromatic carbocycles. The van der Waals surface area contributed by atoms with Gasteiger partial charge in [-0.15, -0.1) is 0 Å². The molecule has 2 aliphatic carbocycles. The Kier molecular flexibility index (Phi) is 4.73. The Bertz CT molecular complexity index is 436. The number of rotatable bonds is 5. The molecule has 0 atom stereocenters. The minimum atomic E-state index is 0.496. The van der Waals surface area contributed by atoms with Crippen molar-refractivity contribution in [2.75, 3.05) is 6.61 Å². The van der Waals surface area contributed by atoms with E-state index in [4.69, 9.17) is 14.9 Å². The van der Waals surface area contributed by atoms with Gasteiger partial charge >= 0.3 is 0 Å². The molecule has 1 aromatic rings. The van der Waals surface area contributed by atoms with E-state index in [2.05, 4.69) is 4.68 Å². The zero-order chi connectivity index (χ0) is 13.8. The first-order chi connectivity index (χ1) is 9.90. The average molecular weight is 278 g/mol. The van der Waals surface area contributed by atoms with Crippen LogP contribution in [-0.4, -0.2) is 16.4 Å². The van der Waals surface area contributed by atoms with E-state index in [1.165, 1.54) is 62.6 Å². The van der Waals surface area contributed by atoms with Crippen LogP contribution in [0, 0.1) is 0 Å². The Balaban J connectivity index is 1.81. The topological polar surface area (TPSA) is 36.3 Å². The maximum absolute atomic E-state index is 5.26. The lowest BCUT2D eigenvalue weighted by Crippen LogP contribution is -2.18. The summed E-state index contributed by atoms with van der Waals surface area (Å²) in [6.45, 7) is 3.03. The molecule has 0 aliphatic heterocycles. The van der Waals surface area contributed by atoms with E-state index in [9.17, 15) is 0 Å². The van der Waals surface area contributed by atoms with Crippen molar-refractivity contribution in [1.29, 1.82) is 0 Å². The summed E-state index contributed by atoms with van der Waals surface area (Å²) in [5.74, 6) is 0. The Hall–Kier alpha value is -0.870. The summed E-state index contributed by atoms with van der Waals surface area (Å²) in [5, 5.41) is 4.90. The number of fused-ring (bicyclic) bond motifs is 1. The van der Waals surface area contributed by atoms with Crippen molar-refractivity contribution in [3.8, 4) is 0 Å². The summed E-state index contributed by atoms with van der Waals surface area (Å²) in [6.07, 6.45) is 11.6. The average Bonchev–Trinajstić information content (AvgIpc) is 2.88. The fourth-order valence-electron chi connectivity index (χ4n) is 3.63. The molecule has 1 aromatic heterocycles. The van der Waals surface area contributed by atoms with Crippen LogP contribution in [0.5, 0.6) is 0 Å². The molecule has 0 bridgehead atoms. The van der Waals surface area contributed by atoms with Gasteiger partial charge in [-0.05, 0) is 51.0 Å². The maximum Gasteiger partial charge on any atom is 0.126 e. The summed E-state index contributed by atoms with van der Waals surface area (Å²) in [5.41, 5.74) is 4.04. The van der Waals surface area contributed by atoms with Gasteiger partial charge in [0.25, 0.3) is 0 Å². The second kappa shape index (κ2) is 6.72. The summed E-state index contributed by atoms with van der Waals surface area (Å²) >= 11 is 0. The summed E-state index contributed by atoms with van der Waals surface area (Å²) in [6, 6.07) is 0.622. The van der Waals surface area contributed by atoms with E-state index in [0.29, 0.717) is 19.3 Å². The second-order valence-electron chi connectivity index (χ2n) is 5.98. The predicted octanol–water partition coefficient (Wildman–Crippen LogP) is 3.74. The third kappa shape index (κ3) is 2.91. The number of hydrogen-bond acceptors (Lipinski definition) is 3. The van der Waals surface area contributed by atoms with E-state index < -0.39 is 0 Å². The molecular weight excluding hydrogens is 252 g/mol. The molecule has 1 heterocycles. The second-order valence-corrected chi connectivity index (χ2v) is 5.98. The Labute approximate surface area is 121 Å². The highest BCUT2D eigenvalue weighted by Crippen LogP contribution is 2.33. The first-order valence-corrected chi connectivity index (χ1v) is 8.23. The summed E-state index contributed by atoms with van der Waals surface area (Å²) in [7, 11) is 0. The van der Waals surface area contributed by atoms with Gasteiger partial charge in [0.2, 0.25) is 0 Å². The third-order valence-corrected chi connectivity index (χ3v) is 4.61. The van der Waals surface area contributed by atoms with Gasteiger partial charge in [-0.1, -0.05) is 19.3 Å². The fraction of sp³-hybridized carbons (Fsp3) is 0.812. The molecule has 3 rings (SSSR count). The molecule has 4 nitrogen and oxygen atoms in total. The van der Waals surface area contributed by atoms with E-state index in [-0.39, 0.29) is 0 Å². The molecule has 1 saturated carbocycles. The maximum atomic E-state index is 5.26. The highest BCUT2D eigenvalue weighted by atomic mass is 17.2. The quantitative estimate of drug-likeness (QED) is 0.468. The van der Waals surface area contributed by atoms with Gasteiger partial charge in [-0.3, -0.25) is 4.68 Å². The van der Waals surface area contributed by atoms with Crippen LogP contribution in [-0.2, 0) is 29.2 Å². The molecule has 2 aliphatic rings. The number of hydrogen-bond donors (Lipinski definition) is 0. The van der Waals surface area contributed by atoms with Crippen molar-refractivity contribution in [1.82, 2.24) is 9.78 Å². The SMILES string of the molecule is CCOOCc1nn(C2CCCCC2)c2c1CCCC2. The van der Waals surface area contributed by atoms with Crippen molar-refractivity contribution < 1.29 is 9.78 Å². The van der Waals surface area contributed by atoms with Crippen LogP contribution in [0.1, 0.15) is 74.9 Å².